The first-order valence-corrected chi connectivity index (χ1v) is 14.0. The molecule has 8 heteroatoms. The fraction of sp³-hybridized carbons (Fsp3) is 0.483. The number of nitrogens with one attached hydrogen (secondary N) is 2. The first-order chi connectivity index (χ1) is 17.4. The molecule has 0 spiro atoms. The third-order valence-electron chi connectivity index (χ3n) is 5.73. The maximum atomic E-state index is 14.1. The highest BCUT2D eigenvalue weighted by molar-refractivity contribution is 7.98. The quantitative estimate of drug-likeness (QED) is 0.418. The molecule has 0 bridgehead atoms. The first kappa shape index (κ1) is 30.2. The zero-order valence-corrected chi connectivity index (χ0v) is 23.9. The van der Waals surface area contributed by atoms with Crippen molar-refractivity contribution in [1.82, 2.24) is 15.5 Å². The third kappa shape index (κ3) is 9.43. The van der Waals surface area contributed by atoms with Crippen molar-refractivity contribution in [3.8, 4) is 0 Å². The molecule has 3 amide bonds. The molecule has 2 unspecified atom stereocenters. The molecule has 0 aromatic heterocycles. The van der Waals surface area contributed by atoms with Gasteiger partial charge in [0, 0.05) is 12.6 Å². The SMILES string of the molecule is CSCCC(NC(=O)OC(C)(C)C)C(=O)N(C(C)C)C(C(=O)NCc1ccccc1)c1ccccc1C. The van der Waals surface area contributed by atoms with Gasteiger partial charge in [0.05, 0.1) is 0 Å². The van der Waals surface area contributed by atoms with Crippen molar-refractivity contribution >= 4 is 29.7 Å². The Morgan fingerprint density at radius 1 is 1.00 bits per heavy atom. The van der Waals surface area contributed by atoms with Crippen LogP contribution in [-0.2, 0) is 20.9 Å². The summed E-state index contributed by atoms with van der Waals surface area (Å²) >= 11 is 1.58. The minimum Gasteiger partial charge on any atom is -0.444 e. The van der Waals surface area contributed by atoms with E-state index in [2.05, 4.69) is 10.6 Å². The van der Waals surface area contributed by atoms with Gasteiger partial charge in [-0.05, 0) is 76.7 Å². The average molecular weight is 528 g/mol. The summed E-state index contributed by atoms with van der Waals surface area (Å²) in [4.78, 5) is 42.0. The molecule has 0 saturated carbocycles. The molecule has 7 nitrogen and oxygen atoms in total. The van der Waals surface area contributed by atoms with Crippen LogP contribution in [0.2, 0.25) is 0 Å². The normalized spacial score (nSPS) is 13.0. The average Bonchev–Trinajstić information content (AvgIpc) is 2.83. The smallest absolute Gasteiger partial charge is 0.408 e. The third-order valence-corrected chi connectivity index (χ3v) is 6.37. The van der Waals surface area contributed by atoms with Crippen molar-refractivity contribution in [2.24, 2.45) is 0 Å². The number of hydrogen-bond acceptors (Lipinski definition) is 5. The number of alkyl carbamates (subject to hydrolysis) is 1. The summed E-state index contributed by atoms with van der Waals surface area (Å²) in [5, 5.41) is 5.78. The van der Waals surface area contributed by atoms with E-state index < -0.39 is 23.8 Å². The zero-order chi connectivity index (χ0) is 27.6. The van der Waals surface area contributed by atoms with Crippen LogP contribution in [0.1, 0.15) is 63.8 Å². The van der Waals surface area contributed by atoms with Crippen molar-refractivity contribution in [3.05, 3.63) is 71.3 Å². The van der Waals surface area contributed by atoms with Gasteiger partial charge in [-0.3, -0.25) is 9.59 Å². The van der Waals surface area contributed by atoms with Crippen molar-refractivity contribution in [2.75, 3.05) is 12.0 Å². The van der Waals surface area contributed by atoms with Gasteiger partial charge >= 0.3 is 6.09 Å². The predicted octanol–water partition coefficient (Wildman–Crippen LogP) is 5.24. The fourth-order valence-electron chi connectivity index (χ4n) is 4.00. The molecule has 0 fully saturated rings. The van der Waals surface area contributed by atoms with Gasteiger partial charge in [0.15, 0.2) is 0 Å². The Balaban J connectivity index is 2.43. The van der Waals surface area contributed by atoms with Crippen LogP contribution >= 0.6 is 11.8 Å². The molecular weight excluding hydrogens is 486 g/mol. The van der Waals surface area contributed by atoms with E-state index in [0.717, 1.165) is 16.7 Å². The summed E-state index contributed by atoms with van der Waals surface area (Å²) in [6, 6.07) is 15.2. The van der Waals surface area contributed by atoms with Crippen LogP contribution < -0.4 is 10.6 Å². The Morgan fingerprint density at radius 2 is 1.62 bits per heavy atom. The van der Waals surface area contributed by atoms with Crippen LogP contribution in [0.15, 0.2) is 54.6 Å². The second-order valence-electron chi connectivity index (χ2n) is 10.3. The molecule has 37 heavy (non-hydrogen) atoms. The molecule has 2 rings (SSSR count). The summed E-state index contributed by atoms with van der Waals surface area (Å²) in [5.41, 5.74) is 1.92. The minimum absolute atomic E-state index is 0.277. The van der Waals surface area contributed by atoms with Crippen molar-refractivity contribution in [3.63, 3.8) is 0 Å². The number of carbonyl (C=O) groups is 3. The second kappa shape index (κ2) is 14.1. The van der Waals surface area contributed by atoms with Gasteiger partial charge in [0.1, 0.15) is 17.7 Å². The number of benzene rings is 2. The summed E-state index contributed by atoms with van der Waals surface area (Å²) in [6.45, 7) is 11.4. The van der Waals surface area contributed by atoms with Crippen molar-refractivity contribution in [2.45, 2.75) is 78.2 Å². The highest BCUT2D eigenvalue weighted by atomic mass is 32.2. The molecule has 2 N–H and O–H groups in total. The summed E-state index contributed by atoms with van der Waals surface area (Å²) in [6.07, 6.45) is 1.70. The number of aryl methyl sites for hydroxylation is 1. The molecule has 2 aromatic carbocycles. The minimum atomic E-state index is -0.866. The van der Waals surface area contributed by atoms with Gasteiger partial charge in [0.2, 0.25) is 11.8 Å². The molecule has 0 radical (unpaired) electrons. The summed E-state index contributed by atoms with van der Waals surface area (Å²) in [5.74, 6) is 0.0620. The summed E-state index contributed by atoms with van der Waals surface area (Å²) < 4.78 is 5.43. The van der Waals surface area contributed by atoms with Gasteiger partial charge in [-0.25, -0.2) is 4.79 Å². The lowest BCUT2D eigenvalue weighted by molar-refractivity contribution is -0.144. The maximum Gasteiger partial charge on any atom is 0.408 e. The van der Waals surface area contributed by atoms with Crippen LogP contribution in [0.4, 0.5) is 4.79 Å². The molecule has 0 aliphatic heterocycles. The molecule has 0 saturated heterocycles. The Kier molecular flexibility index (Phi) is 11.5. The van der Waals surface area contributed by atoms with E-state index in [9.17, 15) is 14.4 Å². The van der Waals surface area contributed by atoms with Crippen LogP contribution in [-0.4, -0.2) is 52.5 Å². The zero-order valence-electron chi connectivity index (χ0n) is 23.0. The number of thioether (sulfide) groups is 1. The Labute approximate surface area is 225 Å². The second-order valence-corrected chi connectivity index (χ2v) is 11.3. The van der Waals surface area contributed by atoms with E-state index in [1.54, 1.807) is 37.4 Å². The monoisotopic (exact) mass is 527 g/mol. The van der Waals surface area contributed by atoms with Gasteiger partial charge in [0.25, 0.3) is 0 Å². The van der Waals surface area contributed by atoms with Gasteiger partial charge in [-0.15, -0.1) is 0 Å². The number of amides is 3. The van der Waals surface area contributed by atoms with Gasteiger partial charge < -0.3 is 20.3 Å². The molecular formula is C29H41N3O4S. The maximum absolute atomic E-state index is 14.1. The molecule has 0 aliphatic carbocycles. The van der Waals surface area contributed by atoms with E-state index in [-0.39, 0.29) is 17.9 Å². The Hall–Kier alpha value is -3.00. The number of carbonyl (C=O) groups excluding carboxylic acids is 3. The molecule has 2 atom stereocenters. The van der Waals surface area contributed by atoms with Crippen LogP contribution in [0.25, 0.3) is 0 Å². The lowest BCUT2D eigenvalue weighted by Gasteiger charge is -2.37. The topological polar surface area (TPSA) is 87.7 Å². The fourth-order valence-corrected chi connectivity index (χ4v) is 4.47. The van der Waals surface area contributed by atoms with Crippen molar-refractivity contribution in [1.29, 1.82) is 0 Å². The van der Waals surface area contributed by atoms with Gasteiger partial charge in [-0.2, -0.15) is 11.8 Å². The van der Waals surface area contributed by atoms with E-state index in [4.69, 9.17) is 4.74 Å². The van der Waals surface area contributed by atoms with Crippen LogP contribution in [0.3, 0.4) is 0 Å². The summed E-state index contributed by atoms with van der Waals surface area (Å²) in [7, 11) is 0. The number of rotatable bonds is 11. The molecule has 0 aliphatic rings. The van der Waals surface area contributed by atoms with Crippen molar-refractivity contribution < 1.29 is 19.1 Å². The molecule has 0 heterocycles. The highest BCUT2D eigenvalue weighted by Gasteiger charge is 2.38. The van der Waals surface area contributed by atoms with Crippen LogP contribution in [0.5, 0.6) is 0 Å². The Bertz CT molecular complexity index is 1040. The highest BCUT2D eigenvalue weighted by Crippen LogP contribution is 2.28. The number of hydrogen-bond donors (Lipinski definition) is 2. The van der Waals surface area contributed by atoms with E-state index in [0.29, 0.717) is 18.7 Å². The van der Waals surface area contributed by atoms with E-state index >= 15 is 0 Å². The van der Waals surface area contributed by atoms with E-state index in [1.165, 1.54) is 0 Å². The lowest BCUT2D eigenvalue weighted by Crippen LogP contribution is -2.55. The van der Waals surface area contributed by atoms with Crippen LogP contribution in [0, 0.1) is 6.92 Å². The largest absolute Gasteiger partial charge is 0.444 e. The predicted molar refractivity (Wildman–Crippen MR) is 150 cm³/mol. The van der Waals surface area contributed by atoms with Gasteiger partial charge in [-0.1, -0.05) is 54.6 Å². The molecule has 202 valence electrons. The standard InChI is InChI=1S/C29H41N3O4S/c1-20(2)32(27(34)24(17-18-37-7)31-28(35)36-29(4,5)6)25(23-16-12-11-13-21(23)3)26(33)30-19-22-14-9-8-10-15-22/h8-16,20,24-25H,17-19H2,1-7H3,(H,30,33)(H,31,35). The Morgan fingerprint density at radius 3 is 2.19 bits per heavy atom. The lowest BCUT2D eigenvalue weighted by atomic mass is 9.96. The number of nitrogens with zero attached hydrogens (tertiary/aromatic N) is 1. The first-order valence-electron chi connectivity index (χ1n) is 12.6. The number of ether oxygens (including phenoxy) is 1. The molecule has 2 aromatic rings. The van der Waals surface area contributed by atoms with E-state index in [1.807, 2.05) is 81.6 Å².